The minimum absolute atomic E-state index is 0.0904. The van der Waals surface area contributed by atoms with E-state index in [4.69, 9.17) is 0 Å². The Bertz CT molecular complexity index is 404. The Morgan fingerprint density at radius 3 is 2.61 bits per heavy atom. The Morgan fingerprint density at radius 2 is 2.00 bits per heavy atom. The largest absolute Gasteiger partial charge is 0.392 e. The highest BCUT2D eigenvalue weighted by Gasteiger charge is 2.37. The maximum Gasteiger partial charge on any atom is 0.228 e. The zero-order valence-electron chi connectivity index (χ0n) is 11.0. The SMILES string of the molecule is CC[C@@H]1C(=O)N(Cc2ccccc2)[C@@H](C)C[C@H]1O. The zero-order valence-corrected chi connectivity index (χ0v) is 11.0. The van der Waals surface area contributed by atoms with Crippen molar-refractivity contribution in [1.82, 2.24) is 4.90 Å². The molecule has 3 nitrogen and oxygen atoms in total. The van der Waals surface area contributed by atoms with E-state index in [1.165, 1.54) is 0 Å². The molecule has 0 aliphatic carbocycles. The molecular weight excluding hydrogens is 226 g/mol. The summed E-state index contributed by atoms with van der Waals surface area (Å²) in [6.45, 7) is 4.61. The second-order valence-corrected chi connectivity index (χ2v) is 5.12. The van der Waals surface area contributed by atoms with Gasteiger partial charge in [0.25, 0.3) is 0 Å². The Morgan fingerprint density at radius 1 is 1.33 bits per heavy atom. The lowest BCUT2D eigenvalue weighted by Gasteiger charge is -2.40. The molecule has 0 radical (unpaired) electrons. The van der Waals surface area contributed by atoms with Crippen LogP contribution in [-0.4, -0.2) is 28.1 Å². The van der Waals surface area contributed by atoms with Crippen molar-refractivity contribution in [2.75, 3.05) is 0 Å². The van der Waals surface area contributed by atoms with Crippen LogP contribution < -0.4 is 0 Å². The molecule has 1 fully saturated rings. The molecule has 18 heavy (non-hydrogen) atoms. The molecule has 1 N–H and O–H groups in total. The summed E-state index contributed by atoms with van der Waals surface area (Å²) in [6, 6.07) is 10.1. The van der Waals surface area contributed by atoms with Gasteiger partial charge in [-0.15, -0.1) is 0 Å². The third kappa shape index (κ3) is 2.56. The first kappa shape index (κ1) is 13.1. The lowest BCUT2D eigenvalue weighted by molar-refractivity contribution is -0.149. The van der Waals surface area contributed by atoms with Crippen molar-refractivity contribution in [3.8, 4) is 0 Å². The molecule has 1 aliphatic rings. The minimum Gasteiger partial charge on any atom is -0.392 e. The highest BCUT2D eigenvalue weighted by molar-refractivity contribution is 5.80. The molecule has 0 unspecified atom stereocenters. The quantitative estimate of drug-likeness (QED) is 0.889. The predicted octanol–water partition coefficient (Wildman–Crippen LogP) is 2.19. The average molecular weight is 247 g/mol. The Hall–Kier alpha value is -1.35. The summed E-state index contributed by atoms with van der Waals surface area (Å²) in [5.41, 5.74) is 1.14. The molecule has 0 saturated carbocycles. The van der Waals surface area contributed by atoms with Crippen molar-refractivity contribution < 1.29 is 9.90 Å². The van der Waals surface area contributed by atoms with Gasteiger partial charge in [0.05, 0.1) is 12.0 Å². The van der Waals surface area contributed by atoms with Gasteiger partial charge in [-0.1, -0.05) is 37.3 Å². The van der Waals surface area contributed by atoms with Gasteiger partial charge in [0, 0.05) is 12.6 Å². The van der Waals surface area contributed by atoms with Gasteiger partial charge in [0.2, 0.25) is 5.91 Å². The number of piperidine rings is 1. The first-order chi connectivity index (χ1) is 8.63. The molecule has 0 bridgehead atoms. The van der Waals surface area contributed by atoms with Crippen LogP contribution in [0.1, 0.15) is 32.3 Å². The lowest BCUT2D eigenvalue weighted by atomic mass is 9.87. The van der Waals surface area contributed by atoms with Crippen molar-refractivity contribution >= 4 is 5.91 Å². The van der Waals surface area contributed by atoms with Crippen molar-refractivity contribution in [2.24, 2.45) is 5.92 Å². The fraction of sp³-hybridized carbons (Fsp3) is 0.533. The number of amides is 1. The molecule has 0 spiro atoms. The van der Waals surface area contributed by atoms with E-state index in [1.54, 1.807) is 0 Å². The highest BCUT2D eigenvalue weighted by atomic mass is 16.3. The van der Waals surface area contributed by atoms with Gasteiger partial charge >= 0.3 is 0 Å². The molecule has 2 rings (SSSR count). The van der Waals surface area contributed by atoms with E-state index in [-0.39, 0.29) is 17.9 Å². The molecule has 0 aromatic heterocycles. The summed E-state index contributed by atoms with van der Waals surface area (Å²) in [4.78, 5) is 14.2. The Balaban J connectivity index is 2.13. The van der Waals surface area contributed by atoms with Gasteiger partial charge in [-0.2, -0.15) is 0 Å². The number of aliphatic hydroxyl groups excluding tert-OH is 1. The van der Waals surface area contributed by atoms with Gasteiger partial charge in [-0.3, -0.25) is 4.79 Å². The maximum atomic E-state index is 12.3. The van der Waals surface area contributed by atoms with Gasteiger partial charge < -0.3 is 10.0 Å². The Kier molecular flexibility index (Phi) is 4.02. The summed E-state index contributed by atoms with van der Waals surface area (Å²) in [7, 11) is 0. The van der Waals surface area contributed by atoms with Gasteiger partial charge in [0.15, 0.2) is 0 Å². The van der Waals surface area contributed by atoms with E-state index in [0.717, 1.165) is 5.56 Å². The number of carbonyl (C=O) groups is 1. The third-order valence-electron chi connectivity index (χ3n) is 3.81. The predicted molar refractivity (Wildman–Crippen MR) is 70.9 cm³/mol. The number of rotatable bonds is 3. The highest BCUT2D eigenvalue weighted by Crippen LogP contribution is 2.27. The minimum atomic E-state index is -0.482. The Labute approximate surface area is 108 Å². The molecular formula is C15H21NO2. The monoisotopic (exact) mass is 247 g/mol. The molecule has 1 aromatic rings. The number of aliphatic hydroxyl groups is 1. The van der Waals surface area contributed by atoms with Crippen molar-refractivity contribution in [2.45, 2.75) is 45.4 Å². The van der Waals surface area contributed by atoms with Crippen molar-refractivity contribution in [3.63, 3.8) is 0 Å². The summed E-state index contributed by atoms with van der Waals surface area (Å²) in [5, 5.41) is 9.95. The molecule has 1 saturated heterocycles. The first-order valence-electron chi connectivity index (χ1n) is 6.66. The van der Waals surface area contributed by atoms with E-state index in [9.17, 15) is 9.90 Å². The van der Waals surface area contributed by atoms with Gasteiger partial charge in [0.1, 0.15) is 0 Å². The number of hydrogen-bond donors (Lipinski definition) is 1. The fourth-order valence-electron chi connectivity index (χ4n) is 2.70. The summed E-state index contributed by atoms with van der Waals surface area (Å²) in [6.07, 6.45) is 0.902. The van der Waals surface area contributed by atoms with Gasteiger partial charge in [-0.05, 0) is 25.3 Å². The second-order valence-electron chi connectivity index (χ2n) is 5.12. The van der Waals surface area contributed by atoms with Gasteiger partial charge in [-0.25, -0.2) is 0 Å². The lowest BCUT2D eigenvalue weighted by Crippen LogP contribution is -2.51. The maximum absolute atomic E-state index is 12.3. The van der Waals surface area contributed by atoms with Crippen LogP contribution in [0.15, 0.2) is 30.3 Å². The fourth-order valence-corrected chi connectivity index (χ4v) is 2.70. The molecule has 1 heterocycles. The first-order valence-corrected chi connectivity index (χ1v) is 6.66. The van der Waals surface area contributed by atoms with Crippen LogP contribution in [0.4, 0.5) is 0 Å². The molecule has 3 atom stereocenters. The summed E-state index contributed by atoms with van der Waals surface area (Å²) in [5.74, 6) is -0.141. The molecule has 1 aromatic carbocycles. The van der Waals surface area contributed by atoms with Crippen molar-refractivity contribution in [1.29, 1.82) is 0 Å². The second kappa shape index (κ2) is 5.53. The molecule has 1 aliphatic heterocycles. The topological polar surface area (TPSA) is 40.5 Å². The number of benzene rings is 1. The van der Waals surface area contributed by atoms with Crippen LogP contribution >= 0.6 is 0 Å². The molecule has 1 amide bonds. The summed E-state index contributed by atoms with van der Waals surface area (Å²) >= 11 is 0. The van der Waals surface area contributed by atoms with E-state index in [2.05, 4.69) is 0 Å². The smallest absolute Gasteiger partial charge is 0.228 e. The third-order valence-corrected chi connectivity index (χ3v) is 3.81. The normalized spacial score (nSPS) is 28.5. The van der Waals surface area contributed by atoms with Crippen LogP contribution in [0, 0.1) is 5.92 Å². The van der Waals surface area contributed by atoms with E-state index in [1.807, 2.05) is 49.1 Å². The van der Waals surface area contributed by atoms with E-state index < -0.39 is 6.10 Å². The number of hydrogen-bond acceptors (Lipinski definition) is 2. The van der Waals surface area contributed by atoms with Crippen molar-refractivity contribution in [3.05, 3.63) is 35.9 Å². The number of carbonyl (C=O) groups excluding carboxylic acids is 1. The molecule has 3 heteroatoms. The summed E-state index contributed by atoms with van der Waals surface area (Å²) < 4.78 is 0. The zero-order chi connectivity index (χ0) is 13.1. The van der Waals surface area contributed by atoms with Crippen LogP contribution in [0.25, 0.3) is 0 Å². The van der Waals surface area contributed by atoms with Crippen LogP contribution in [-0.2, 0) is 11.3 Å². The van der Waals surface area contributed by atoms with Crippen LogP contribution in [0.3, 0.4) is 0 Å². The number of nitrogens with zero attached hydrogens (tertiary/aromatic N) is 1. The standard InChI is InChI=1S/C15H21NO2/c1-3-13-14(17)9-11(2)16(15(13)18)10-12-7-5-4-6-8-12/h4-8,11,13-14,17H,3,9-10H2,1-2H3/t11-,13-,14+/m0/s1. The average Bonchev–Trinajstić information content (AvgIpc) is 2.36. The van der Waals surface area contributed by atoms with E-state index >= 15 is 0 Å². The van der Waals surface area contributed by atoms with Crippen LogP contribution in [0.5, 0.6) is 0 Å². The molecule has 98 valence electrons. The van der Waals surface area contributed by atoms with E-state index in [0.29, 0.717) is 19.4 Å². The van der Waals surface area contributed by atoms with Crippen LogP contribution in [0.2, 0.25) is 0 Å². The number of likely N-dealkylation sites (tertiary alicyclic amines) is 1.